The Morgan fingerprint density at radius 2 is 0.667 bits per heavy atom. The van der Waals surface area contributed by atoms with Crippen LogP contribution in [0.4, 0.5) is 0 Å². The molecule has 0 nitrogen and oxygen atoms in total. The Bertz CT molecular complexity index is 1520. The van der Waals surface area contributed by atoms with Crippen molar-refractivity contribution < 1.29 is 0 Å². The second-order valence-electron chi connectivity index (χ2n) is 10.2. The molecule has 6 aromatic rings. The maximum atomic E-state index is 2.37. The fourth-order valence-corrected chi connectivity index (χ4v) is 10.0. The smallest absolute Gasteiger partial charge is 0.00135 e. The summed E-state index contributed by atoms with van der Waals surface area (Å²) in [6.45, 7) is 0. The van der Waals surface area contributed by atoms with Gasteiger partial charge in [0.05, 0.1) is 0 Å². The van der Waals surface area contributed by atoms with Gasteiger partial charge in [-0.15, -0.1) is 0 Å². The molecule has 0 heterocycles. The highest BCUT2D eigenvalue weighted by Gasteiger charge is 2.20. The minimum absolute atomic E-state index is 0.557. The first-order chi connectivity index (χ1) is 20.8. The number of hydrogen-bond donors (Lipinski definition) is 0. The van der Waals surface area contributed by atoms with Gasteiger partial charge in [0, 0.05) is 12.3 Å². The summed E-state index contributed by atoms with van der Waals surface area (Å²) in [5.74, 6) is 0. The van der Waals surface area contributed by atoms with Crippen LogP contribution in [0.25, 0.3) is 12.2 Å². The summed E-state index contributed by atoms with van der Waals surface area (Å²) < 4.78 is 0. The Morgan fingerprint density at radius 1 is 0.333 bits per heavy atom. The third kappa shape index (κ3) is 7.03. The first-order valence-electron chi connectivity index (χ1n) is 14.4. The molecule has 0 atom stereocenters. The molecule has 0 aliphatic heterocycles. The summed E-state index contributed by atoms with van der Waals surface area (Å²) >= 11 is 0. The number of hydrogen-bond acceptors (Lipinski definition) is 0. The van der Waals surface area contributed by atoms with Gasteiger partial charge in [0.15, 0.2) is 0 Å². The molecule has 0 bridgehead atoms. The predicted octanol–water partition coefficient (Wildman–Crippen LogP) is 9.12. The van der Waals surface area contributed by atoms with Crippen LogP contribution in [0.5, 0.6) is 0 Å². The van der Waals surface area contributed by atoms with Crippen molar-refractivity contribution in [3.05, 3.63) is 192 Å². The van der Waals surface area contributed by atoms with E-state index in [4.69, 9.17) is 0 Å². The standard InChI is InChI=1S/C40H34P2/c1-6-17-33(18-7-1)29-30-40-34(31-41(36-21-8-2-9-22-36)37-23-10-3-11-24-37)19-16-20-35(40)32-42(38-25-12-4-13-26-38)39-27-14-5-15-28-39/h1-30H,31-32H2. The molecule has 0 amide bonds. The van der Waals surface area contributed by atoms with Crippen LogP contribution in [0.1, 0.15) is 22.3 Å². The average Bonchev–Trinajstić information content (AvgIpc) is 3.07. The molecule has 0 fully saturated rings. The van der Waals surface area contributed by atoms with Gasteiger partial charge in [0.1, 0.15) is 0 Å². The zero-order chi connectivity index (χ0) is 28.4. The van der Waals surface area contributed by atoms with Crippen molar-refractivity contribution in [3.8, 4) is 0 Å². The lowest BCUT2D eigenvalue weighted by molar-refractivity contribution is 1.29. The molecule has 0 aliphatic carbocycles. The Morgan fingerprint density at radius 3 is 1.02 bits per heavy atom. The van der Waals surface area contributed by atoms with Crippen molar-refractivity contribution in [1.82, 2.24) is 0 Å². The molecular weight excluding hydrogens is 542 g/mol. The average molecular weight is 577 g/mol. The summed E-state index contributed by atoms with van der Waals surface area (Å²) in [5.41, 5.74) is 5.41. The van der Waals surface area contributed by atoms with Crippen LogP contribution in [0.15, 0.2) is 170 Å². The van der Waals surface area contributed by atoms with Gasteiger partial charge >= 0.3 is 0 Å². The molecule has 6 aromatic carbocycles. The van der Waals surface area contributed by atoms with E-state index >= 15 is 0 Å². The van der Waals surface area contributed by atoms with E-state index in [9.17, 15) is 0 Å². The highest BCUT2D eigenvalue weighted by molar-refractivity contribution is 7.72. The van der Waals surface area contributed by atoms with E-state index in [1.165, 1.54) is 43.5 Å². The van der Waals surface area contributed by atoms with Crippen molar-refractivity contribution in [2.75, 3.05) is 0 Å². The van der Waals surface area contributed by atoms with Gasteiger partial charge in [-0.3, -0.25) is 0 Å². The lowest BCUT2D eigenvalue weighted by atomic mass is 10.0. The van der Waals surface area contributed by atoms with Crippen molar-refractivity contribution in [2.24, 2.45) is 0 Å². The van der Waals surface area contributed by atoms with Crippen molar-refractivity contribution in [3.63, 3.8) is 0 Å². The summed E-state index contributed by atoms with van der Waals surface area (Å²) in [6, 6.07) is 61.9. The zero-order valence-electron chi connectivity index (χ0n) is 23.6. The molecule has 42 heavy (non-hydrogen) atoms. The largest absolute Gasteiger partial charge is 0.0622 e. The van der Waals surface area contributed by atoms with Crippen molar-refractivity contribution in [2.45, 2.75) is 12.3 Å². The third-order valence-corrected chi connectivity index (χ3v) is 12.5. The van der Waals surface area contributed by atoms with Crippen LogP contribution < -0.4 is 21.2 Å². The molecule has 0 unspecified atom stereocenters. The minimum atomic E-state index is -0.557. The van der Waals surface area contributed by atoms with Crippen LogP contribution in [0.2, 0.25) is 0 Å². The van der Waals surface area contributed by atoms with Crippen LogP contribution in [0.3, 0.4) is 0 Å². The monoisotopic (exact) mass is 576 g/mol. The maximum absolute atomic E-state index is 2.37. The van der Waals surface area contributed by atoms with Crippen molar-refractivity contribution in [1.29, 1.82) is 0 Å². The predicted molar refractivity (Wildman–Crippen MR) is 187 cm³/mol. The van der Waals surface area contributed by atoms with Crippen molar-refractivity contribution >= 4 is 49.2 Å². The van der Waals surface area contributed by atoms with Crippen LogP contribution >= 0.6 is 15.8 Å². The lowest BCUT2D eigenvalue weighted by Crippen LogP contribution is -2.15. The van der Waals surface area contributed by atoms with E-state index in [-0.39, 0.29) is 0 Å². The fourth-order valence-electron chi connectivity index (χ4n) is 5.34. The van der Waals surface area contributed by atoms with E-state index in [0.29, 0.717) is 0 Å². The van der Waals surface area contributed by atoms with Gasteiger partial charge in [0.25, 0.3) is 0 Å². The van der Waals surface area contributed by atoms with Crippen LogP contribution in [-0.4, -0.2) is 0 Å². The van der Waals surface area contributed by atoms with E-state index in [0.717, 1.165) is 12.3 Å². The second kappa shape index (κ2) is 14.2. The number of rotatable bonds is 10. The van der Waals surface area contributed by atoms with E-state index in [1.54, 1.807) is 0 Å². The molecule has 0 spiro atoms. The first-order valence-corrected chi connectivity index (χ1v) is 17.5. The van der Waals surface area contributed by atoms with Crippen LogP contribution in [-0.2, 0) is 12.3 Å². The summed E-state index contributed by atoms with van der Waals surface area (Å²) in [4.78, 5) is 0. The number of benzene rings is 6. The fraction of sp³-hybridized carbons (Fsp3) is 0.0500. The molecule has 0 aliphatic rings. The Kier molecular flexibility index (Phi) is 9.49. The molecule has 204 valence electrons. The highest BCUT2D eigenvalue weighted by atomic mass is 31.1. The van der Waals surface area contributed by atoms with Gasteiger partial charge < -0.3 is 0 Å². The van der Waals surface area contributed by atoms with Gasteiger partial charge in [-0.25, -0.2) is 0 Å². The van der Waals surface area contributed by atoms with E-state index in [2.05, 4.69) is 182 Å². The van der Waals surface area contributed by atoms with E-state index < -0.39 is 15.8 Å². The SMILES string of the molecule is C(=Cc1c(CP(c2ccccc2)c2ccccc2)cccc1CP(c1ccccc1)c1ccccc1)c1ccccc1. The van der Waals surface area contributed by atoms with Crippen LogP contribution in [0, 0.1) is 0 Å². The molecule has 0 saturated heterocycles. The summed E-state index contributed by atoms with van der Waals surface area (Å²) in [5, 5.41) is 5.66. The maximum Gasteiger partial charge on any atom is 0.00135 e. The Hall–Kier alpha value is -4.08. The summed E-state index contributed by atoms with van der Waals surface area (Å²) in [6.07, 6.45) is 6.65. The molecule has 2 heteroatoms. The third-order valence-electron chi connectivity index (χ3n) is 7.46. The molecule has 0 aromatic heterocycles. The minimum Gasteiger partial charge on any atom is -0.0622 e. The molecule has 0 radical (unpaired) electrons. The van der Waals surface area contributed by atoms with Gasteiger partial charge in [0.2, 0.25) is 0 Å². The highest BCUT2D eigenvalue weighted by Crippen LogP contribution is 2.43. The molecule has 6 rings (SSSR count). The topological polar surface area (TPSA) is 0 Å². The van der Waals surface area contributed by atoms with Gasteiger partial charge in [-0.2, -0.15) is 0 Å². The molecule has 0 N–H and O–H groups in total. The Balaban J connectivity index is 1.45. The second-order valence-corrected chi connectivity index (χ2v) is 14.7. The quantitative estimate of drug-likeness (QED) is 0.113. The lowest BCUT2D eigenvalue weighted by Gasteiger charge is -2.23. The molecule has 0 saturated carbocycles. The normalized spacial score (nSPS) is 11.4. The van der Waals surface area contributed by atoms with Gasteiger partial charge in [-0.1, -0.05) is 182 Å². The zero-order valence-corrected chi connectivity index (χ0v) is 25.4. The molecular formula is C40H34P2. The summed E-state index contributed by atoms with van der Waals surface area (Å²) in [7, 11) is -1.11. The first kappa shape index (κ1) is 28.1. The van der Waals surface area contributed by atoms with Gasteiger partial charge in [-0.05, 0) is 59.3 Å². The van der Waals surface area contributed by atoms with E-state index in [1.807, 2.05) is 0 Å². The Labute approximate surface area is 252 Å².